The average Bonchev–Trinajstić information content (AvgIpc) is 2.34. The maximum atomic E-state index is 11.6. The first-order chi connectivity index (χ1) is 8.13. The average molecular weight is 234 g/mol. The highest BCUT2D eigenvalue weighted by Gasteiger charge is 2.09. The Hall–Kier alpha value is -2.57. The van der Waals surface area contributed by atoms with Crippen molar-refractivity contribution in [2.75, 3.05) is 12.4 Å². The Morgan fingerprint density at radius 2 is 1.88 bits per heavy atom. The number of anilines is 1. The largest absolute Gasteiger partial charge is 0.341 e. The third-order valence-corrected chi connectivity index (χ3v) is 2.30. The summed E-state index contributed by atoms with van der Waals surface area (Å²) < 4.78 is 0. The third kappa shape index (κ3) is 1.89. The molecule has 0 radical (unpaired) electrons. The molecule has 17 heavy (non-hydrogen) atoms. The van der Waals surface area contributed by atoms with Crippen molar-refractivity contribution < 1.29 is 4.79 Å². The summed E-state index contributed by atoms with van der Waals surface area (Å²) in [6.07, 6.45) is 0. The van der Waals surface area contributed by atoms with Crippen LogP contribution in [0.4, 0.5) is 10.5 Å². The molecule has 2 aromatic rings. The van der Waals surface area contributed by atoms with E-state index < -0.39 is 17.1 Å². The minimum atomic E-state index is -0.466. The number of urea groups is 1. The monoisotopic (exact) mass is 234 g/mol. The summed E-state index contributed by atoms with van der Waals surface area (Å²) in [6, 6.07) is 4.18. The zero-order chi connectivity index (χ0) is 12.4. The van der Waals surface area contributed by atoms with Crippen LogP contribution in [0.3, 0.4) is 0 Å². The van der Waals surface area contributed by atoms with Crippen molar-refractivity contribution in [3.63, 3.8) is 0 Å². The van der Waals surface area contributed by atoms with Crippen molar-refractivity contribution >= 4 is 22.5 Å². The van der Waals surface area contributed by atoms with E-state index in [9.17, 15) is 14.4 Å². The van der Waals surface area contributed by atoms with E-state index >= 15 is 0 Å². The second kappa shape index (κ2) is 4.12. The number of H-pyrrole nitrogens is 2. The summed E-state index contributed by atoms with van der Waals surface area (Å²) in [6.45, 7) is 0. The summed E-state index contributed by atoms with van der Waals surface area (Å²) in [5.74, 6) is 0. The molecule has 1 heterocycles. The number of carbonyl (C=O) groups excluding carboxylic acids is 1. The third-order valence-electron chi connectivity index (χ3n) is 2.30. The van der Waals surface area contributed by atoms with Gasteiger partial charge in [-0.15, -0.1) is 0 Å². The normalized spacial score (nSPS) is 10.2. The lowest BCUT2D eigenvalue weighted by molar-refractivity contribution is 0.254. The van der Waals surface area contributed by atoms with E-state index in [-0.39, 0.29) is 16.5 Å². The lowest BCUT2D eigenvalue weighted by Gasteiger charge is -2.06. The van der Waals surface area contributed by atoms with Crippen LogP contribution in [0, 0.1) is 0 Å². The highest BCUT2D eigenvalue weighted by Crippen LogP contribution is 2.16. The van der Waals surface area contributed by atoms with Crippen molar-refractivity contribution in [3.05, 3.63) is 38.9 Å². The molecule has 0 fully saturated rings. The molecule has 0 saturated carbocycles. The number of amides is 2. The quantitative estimate of drug-likeness (QED) is 0.556. The molecule has 7 nitrogen and oxygen atoms in total. The Morgan fingerprint density at radius 1 is 1.18 bits per heavy atom. The van der Waals surface area contributed by atoms with Gasteiger partial charge in [0.2, 0.25) is 0 Å². The fourth-order valence-electron chi connectivity index (χ4n) is 1.52. The molecule has 2 amide bonds. The van der Waals surface area contributed by atoms with Gasteiger partial charge in [0.15, 0.2) is 0 Å². The van der Waals surface area contributed by atoms with Crippen LogP contribution in [-0.4, -0.2) is 23.3 Å². The highest BCUT2D eigenvalue weighted by molar-refractivity contribution is 6.00. The van der Waals surface area contributed by atoms with Crippen LogP contribution >= 0.6 is 0 Å². The van der Waals surface area contributed by atoms with Gasteiger partial charge in [-0.1, -0.05) is 6.07 Å². The minimum Gasteiger partial charge on any atom is -0.341 e. The van der Waals surface area contributed by atoms with Gasteiger partial charge in [0.1, 0.15) is 0 Å². The summed E-state index contributed by atoms with van der Waals surface area (Å²) >= 11 is 0. The van der Waals surface area contributed by atoms with E-state index in [1.54, 1.807) is 12.1 Å². The van der Waals surface area contributed by atoms with Crippen molar-refractivity contribution in [1.82, 2.24) is 15.5 Å². The molecule has 0 bridgehead atoms. The Morgan fingerprint density at radius 3 is 2.59 bits per heavy atom. The first-order valence-corrected chi connectivity index (χ1v) is 4.86. The van der Waals surface area contributed by atoms with Crippen molar-refractivity contribution in [2.24, 2.45) is 0 Å². The van der Waals surface area contributed by atoms with E-state index in [2.05, 4.69) is 20.8 Å². The van der Waals surface area contributed by atoms with Gasteiger partial charge in [-0.25, -0.2) is 4.79 Å². The van der Waals surface area contributed by atoms with Crippen molar-refractivity contribution in [2.45, 2.75) is 0 Å². The van der Waals surface area contributed by atoms with Crippen LogP contribution in [0.2, 0.25) is 0 Å². The van der Waals surface area contributed by atoms with E-state index in [0.717, 1.165) is 0 Å². The number of aromatic nitrogens is 2. The minimum absolute atomic E-state index is 0.153. The predicted octanol–water partition coefficient (Wildman–Crippen LogP) is -0.0323. The zero-order valence-electron chi connectivity index (χ0n) is 8.96. The second-order valence-corrected chi connectivity index (χ2v) is 3.34. The lowest BCUT2D eigenvalue weighted by Crippen LogP contribution is -2.26. The Labute approximate surface area is 94.8 Å². The van der Waals surface area contributed by atoms with Crippen LogP contribution in [0.5, 0.6) is 0 Å². The van der Waals surface area contributed by atoms with Crippen molar-refractivity contribution in [1.29, 1.82) is 0 Å². The molecule has 0 unspecified atom stereocenters. The fraction of sp³-hybridized carbons (Fsp3) is 0.100. The molecule has 2 rings (SSSR count). The molecule has 0 aliphatic carbocycles. The van der Waals surface area contributed by atoms with Gasteiger partial charge in [-0.05, 0) is 12.1 Å². The van der Waals surface area contributed by atoms with Crippen molar-refractivity contribution in [3.8, 4) is 0 Å². The van der Waals surface area contributed by atoms with Gasteiger partial charge in [-0.3, -0.25) is 19.8 Å². The van der Waals surface area contributed by atoms with E-state index in [1.165, 1.54) is 13.1 Å². The number of rotatable bonds is 1. The van der Waals surface area contributed by atoms with Gasteiger partial charge in [0.25, 0.3) is 11.1 Å². The number of nitrogens with one attached hydrogen (secondary N) is 4. The number of aromatic amines is 2. The fourth-order valence-corrected chi connectivity index (χ4v) is 1.52. The molecule has 1 aromatic carbocycles. The predicted molar refractivity (Wildman–Crippen MR) is 63.3 cm³/mol. The molecule has 0 aliphatic heterocycles. The molecule has 0 saturated heterocycles. The van der Waals surface area contributed by atoms with Gasteiger partial charge in [0, 0.05) is 7.05 Å². The van der Waals surface area contributed by atoms with E-state index in [1.807, 2.05) is 0 Å². The topological polar surface area (TPSA) is 107 Å². The molecule has 0 spiro atoms. The van der Waals surface area contributed by atoms with Gasteiger partial charge in [0.05, 0.1) is 16.5 Å². The van der Waals surface area contributed by atoms with Gasteiger partial charge >= 0.3 is 6.03 Å². The maximum Gasteiger partial charge on any atom is 0.318 e. The smallest absolute Gasteiger partial charge is 0.318 e. The number of carbonyl (C=O) groups is 1. The molecular formula is C10H10N4O3. The molecule has 7 heteroatoms. The summed E-state index contributed by atoms with van der Waals surface area (Å²) in [4.78, 5) is 34.3. The molecular weight excluding hydrogens is 224 g/mol. The molecule has 0 aliphatic rings. The summed E-state index contributed by atoms with van der Waals surface area (Å²) in [7, 11) is 1.46. The lowest BCUT2D eigenvalue weighted by atomic mass is 10.1. The Bertz CT molecular complexity index is 686. The maximum absolute atomic E-state index is 11.6. The zero-order valence-corrected chi connectivity index (χ0v) is 8.96. The Balaban J connectivity index is 2.73. The van der Waals surface area contributed by atoms with E-state index in [4.69, 9.17) is 0 Å². The van der Waals surface area contributed by atoms with Crippen LogP contribution in [-0.2, 0) is 0 Å². The van der Waals surface area contributed by atoms with Crippen LogP contribution < -0.4 is 21.8 Å². The first kappa shape index (κ1) is 10.9. The molecule has 1 aromatic heterocycles. The second-order valence-electron chi connectivity index (χ2n) is 3.34. The van der Waals surface area contributed by atoms with Gasteiger partial charge < -0.3 is 10.6 Å². The number of hydrogen-bond acceptors (Lipinski definition) is 3. The summed E-state index contributed by atoms with van der Waals surface area (Å²) in [5, 5.41) is 9.65. The number of fused-ring (bicyclic) bond motifs is 1. The van der Waals surface area contributed by atoms with Crippen LogP contribution in [0.1, 0.15) is 0 Å². The summed E-state index contributed by atoms with van der Waals surface area (Å²) in [5.41, 5.74) is -0.596. The first-order valence-electron chi connectivity index (χ1n) is 4.86. The highest BCUT2D eigenvalue weighted by atomic mass is 16.2. The van der Waals surface area contributed by atoms with E-state index in [0.29, 0.717) is 0 Å². The molecule has 4 N–H and O–H groups in total. The molecule has 88 valence electrons. The SMILES string of the molecule is CNC(=O)Nc1cccc2c(=O)[nH][nH]c(=O)c12. The Kier molecular flexibility index (Phi) is 2.65. The standard InChI is InChI=1S/C10H10N4O3/c1-11-10(17)12-6-4-2-3-5-7(6)9(16)14-13-8(5)15/h2-4H,1H3,(H,13,15)(H,14,16)(H2,11,12,17). The van der Waals surface area contributed by atoms with Gasteiger partial charge in [-0.2, -0.15) is 0 Å². The number of benzene rings is 1. The number of hydrogen-bond donors (Lipinski definition) is 4. The molecule has 0 atom stereocenters. The van der Waals surface area contributed by atoms with Crippen LogP contribution in [0.15, 0.2) is 27.8 Å². The van der Waals surface area contributed by atoms with Crippen LogP contribution in [0.25, 0.3) is 10.8 Å².